The normalized spacial score (nSPS) is 19.2. The van der Waals surface area contributed by atoms with E-state index in [2.05, 4.69) is 24.3 Å². The van der Waals surface area contributed by atoms with Crippen LogP contribution >= 0.6 is 11.8 Å². The largest absolute Gasteiger partial charge is 0.378 e. The van der Waals surface area contributed by atoms with E-state index in [0.29, 0.717) is 6.10 Å². The van der Waals surface area contributed by atoms with Crippen molar-refractivity contribution in [3.63, 3.8) is 0 Å². The fourth-order valence-electron chi connectivity index (χ4n) is 2.27. The highest BCUT2D eigenvalue weighted by Gasteiger charge is 2.14. The highest BCUT2D eigenvalue weighted by Crippen LogP contribution is 2.25. The van der Waals surface area contributed by atoms with Gasteiger partial charge in [-0.05, 0) is 31.4 Å². The first-order valence-electron chi connectivity index (χ1n) is 6.73. The van der Waals surface area contributed by atoms with Crippen molar-refractivity contribution < 1.29 is 14.2 Å². The van der Waals surface area contributed by atoms with E-state index in [1.807, 2.05) is 11.8 Å². The SMILES string of the molecule is COC(OC)c1ccc(SCCC2CCCO2)cc1. The first-order chi connectivity index (χ1) is 9.33. The van der Waals surface area contributed by atoms with E-state index in [9.17, 15) is 0 Å². The molecule has 0 bridgehead atoms. The Morgan fingerprint density at radius 2 is 2.00 bits per heavy atom. The molecular weight excluding hydrogens is 260 g/mol. The molecule has 106 valence electrons. The minimum atomic E-state index is -0.272. The Balaban J connectivity index is 1.77. The molecule has 0 radical (unpaired) electrons. The van der Waals surface area contributed by atoms with Crippen LogP contribution in [0.2, 0.25) is 0 Å². The zero-order chi connectivity index (χ0) is 13.5. The highest BCUT2D eigenvalue weighted by atomic mass is 32.2. The Hall–Kier alpha value is -0.550. The maximum absolute atomic E-state index is 5.62. The predicted molar refractivity (Wildman–Crippen MR) is 77.5 cm³/mol. The molecule has 1 aromatic rings. The second-order valence-electron chi connectivity index (χ2n) is 4.64. The molecule has 1 heterocycles. The lowest BCUT2D eigenvalue weighted by Gasteiger charge is -2.14. The summed E-state index contributed by atoms with van der Waals surface area (Å²) in [4.78, 5) is 1.28. The van der Waals surface area contributed by atoms with E-state index >= 15 is 0 Å². The lowest BCUT2D eigenvalue weighted by Crippen LogP contribution is -2.05. The monoisotopic (exact) mass is 282 g/mol. The Bertz CT molecular complexity index is 356. The van der Waals surface area contributed by atoms with Crippen LogP contribution in [0.5, 0.6) is 0 Å². The van der Waals surface area contributed by atoms with Crippen LogP contribution in [-0.2, 0) is 14.2 Å². The van der Waals surface area contributed by atoms with Crippen LogP contribution in [0.25, 0.3) is 0 Å². The molecule has 1 atom stereocenters. The van der Waals surface area contributed by atoms with E-state index in [0.717, 1.165) is 24.3 Å². The Morgan fingerprint density at radius 3 is 2.58 bits per heavy atom. The minimum Gasteiger partial charge on any atom is -0.378 e. The fraction of sp³-hybridized carbons (Fsp3) is 0.600. The molecule has 1 aliphatic heterocycles. The van der Waals surface area contributed by atoms with Crippen molar-refractivity contribution in [2.75, 3.05) is 26.6 Å². The molecule has 4 heteroatoms. The highest BCUT2D eigenvalue weighted by molar-refractivity contribution is 7.99. The van der Waals surface area contributed by atoms with Crippen LogP contribution in [0.4, 0.5) is 0 Å². The van der Waals surface area contributed by atoms with Crippen molar-refractivity contribution in [3.8, 4) is 0 Å². The van der Waals surface area contributed by atoms with Gasteiger partial charge < -0.3 is 14.2 Å². The summed E-state index contributed by atoms with van der Waals surface area (Å²) in [5, 5.41) is 0. The Labute approximate surface area is 119 Å². The number of rotatable bonds is 7. The van der Waals surface area contributed by atoms with Crippen molar-refractivity contribution >= 4 is 11.8 Å². The summed E-state index contributed by atoms with van der Waals surface area (Å²) >= 11 is 1.88. The number of hydrogen-bond acceptors (Lipinski definition) is 4. The number of benzene rings is 1. The van der Waals surface area contributed by atoms with Gasteiger partial charge in [-0.1, -0.05) is 12.1 Å². The van der Waals surface area contributed by atoms with Crippen LogP contribution in [0.1, 0.15) is 31.1 Å². The molecule has 0 amide bonds. The van der Waals surface area contributed by atoms with E-state index in [4.69, 9.17) is 14.2 Å². The molecule has 1 aliphatic rings. The number of ether oxygens (including phenoxy) is 3. The second kappa shape index (κ2) is 7.90. The fourth-order valence-corrected chi connectivity index (χ4v) is 3.21. The van der Waals surface area contributed by atoms with Crippen LogP contribution < -0.4 is 0 Å². The molecule has 0 spiro atoms. The van der Waals surface area contributed by atoms with Crippen LogP contribution in [0.3, 0.4) is 0 Å². The minimum absolute atomic E-state index is 0.272. The second-order valence-corrected chi connectivity index (χ2v) is 5.81. The summed E-state index contributed by atoms with van der Waals surface area (Å²) in [6.45, 7) is 0.944. The first kappa shape index (κ1) is 14.9. The van der Waals surface area contributed by atoms with Gasteiger partial charge in [-0.3, -0.25) is 0 Å². The molecule has 1 unspecified atom stereocenters. The van der Waals surface area contributed by atoms with Gasteiger partial charge in [-0.15, -0.1) is 11.8 Å². The molecule has 19 heavy (non-hydrogen) atoms. The third kappa shape index (κ3) is 4.49. The Morgan fingerprint density at radius 1 is 1.26 bits per heavy atom. The lowest BCUT2D eigenvalue weighted by molar-refractivity contribution is -0.106. The topological polar surface area (TPSA) is 27.7 Å². The standard InChI is InChI=1S/C15H22O3S/c1-16-15(17-2)12-5-7-14(8-6-12)19-11-9-13-4-3-10-18-13/h5-8,13,15H,3-4,9-11H2,1-2H3. The van der Waals surface area contributed by atoms with Crippen LogP contribution in [0.15, 0.2) is 29.2 Å². The van der Waals surface area contributed by atoms with Crippen molar-refractivity contribution in [1.29, 1.82) is 0 Å². The zero-order valence-electron chi connectivity index (χ0n) is 11.6. The average molecular weight is 282 g/mol. The van der Waals surface area contributed by atoms with Crippen molar-refractivity contribution in [2.24, 2.45) is 0 Å². The summed E-state index contributed by atoms with van der Waals surface area (Å²) in [7, 11) is 3.30. The van der Waals surface area contributed by atoms with E-state index in [-0.39, 0.29) is 6.29 Å². The van der Waals surface area contributed by atoms with Crippen LogP contribution in [-0.4, -0.2) is 32.7 Å². The average Bonchev–Trinajstić information content (AvgIpc) is 2.95. The maximum Gasteiger partial charge on any atom is 0.183 e. The van der Waals surface area contributed by atoms with Gasteiger partial charge in [0.1, 0.15) is 0 Å². The van der Waals surface area contributed by atoms with Gasteiger partial charge in [0.25, 0.3) is 0 Å². The summed E-state index contributed by atoms with van der Waals surface area (Å²) in [6, 6.07) is 8.37. The smallest absolute Gasteiger partial charge is 0.183 e. The van der Waals surface area contributed by atoms with Crippen molar-refractivity contribution in [2.45, 2.75) is 36.6 Å². The maximum atomic E-state index is 5.62. The summed E-state index contributed by atoms with van der Waals surface area (Å²) < 4.78 is 16.1. The summed E-state index contributed by atoms with van der Waals surface area (Å²) in [6.07, 6.45) is 3.80. The molecule has 3 nitrogen and oxygen atoms in total. The molecule has 2 rings (SSSR count). The molecule has 1 aromatic carbocycles. The van der Waals surface area contributed by atoms with Gasteiger partial charge in [0.2, 0.25) is 0 Å². The van der Waals surface area contributed by atoms with Gasteiger partial charge >= 0.3 is 0 Å². The van der Waals surface area contributed by atoms with Crippen molar-refractivity contribution in [3.05, 3.63) is 29.8 Å². The van der Waals surface area contributed by atoms with Gasteiger partial charge in [0, 0.05) is 37.0 Å². The van der Waals surface area contributed by atoms with E-state index in [1.165, 1.54) is 17.7 Å². The van der Waals surface area contributed by atoms with E-state index < -0.39 is 0 Å². The van der Waals surface area contributed by atoms with Crippen molar-refractivity contribution in [1.82, 2.24) is 0 Å². The quantitative estimate of drug-likeness (QED) is 0.564. The molecular formula is C15H22O3S. The third-order valence-corrected chi connectivity index (χ3v) is 4.36. The summed E-state index contributed by atoms with van der Waals surface area (Å²) in [5.74, 6) is 1.11. The van der Waals surface area contributed by atoms with E-state index in [1.54, 1.807) is 14.2 Å². The lowest BCUT2D eigenvalue weighted by atomic mass is 10.2. The van der Waals surface area contributed by atoms with Gasteiger partial charge in [-0.2, -0.15) is 0 Å². The first-order valence-corrected chi connectivity index (χ1v) is 7.72. The molecule has 0 saturated carbocycles. The number of thioether (sulfide) groups is 1. The third-order valence-electron chi connectivity index (χ3n) is 3.31. The van der Waals surface area contributed by atoms with Gasteiger partial charge in [0.15, 0.2) is 6.29 Å². The zero-order valence-corrected chi connectivity index (χ0v) is 12.4. The molecule has 0 aliphatic carbocycles. The predicted octanol–water partition coefficient (Wildman–Crippen LogP) is 3.64. The van der Waals surface area contributed by atoms with Gasteiger partial charge in [-0.25, -0.2) is 0 Å². The molecule has 0 aromatic heterocycles. The number of methoxy groups -OCH3 is 2. The molecule has 0 N–H and O–H groups in total. The molecule has 1 fully saturated rings. The summed E-state index contributed by atoms with van der Waals surface area (Å²) in [5.41, 5.74) is 1.05. The van der Waals surface area contributed by atoms with Gasteiger partial charge in [0.05, 0.1) is 6.10 Å². The Kier molecular flexibility index (Phi) is 6.17. The van der Waals surface area contributed by atoms with Crippen LogP contribution in [0, 0.1) is 0 Å². The number of hydrogen-bond donors (Lipinski definition) is 0. The molecule has 1 saturated heterocycles.